The monoisotopic (exact) mass is 286 g/mol. The van der Waals surface area contributed by atoms with Gasteiger partial charge in [0, 0.05) is 12.2 Å². The fourth-order valence-electron chi connectivity index (χ4n) is 1.89. The van der Waals surface area contributed by atoms with Gasteiger partial charge >= 0.3 is 0 Å². The van der Waals surface area contributed by atoms with Crippen molar-refractivity contribution in [2.24, 2.45) is 0 Å². The summed E-state index contributed by atoms with van der Waals surface area (Å²) in [6, 6.07) is 8.07. The fraction of sp³-hybridized carbons (Fsp3) is 0.400. The van der Waals surface area contributed by atoms with Gasteiger partial charge in [0.15, 0.2) is 5.82 Å². The molecular formula is C15H22N6. The summed E-state index contributed by atoms with van der Waals surface area (Å²) in [5, 5.41) is 14.4. The first-order valence-corrected chi connectivity index (χ1v) is 7.06. The summed E-state index contributed by atoms with van der Waals surface area (Å²) < 4.78 is 0. The van der Waals surface area contributed by atoms with Gasteiger partial charge in [-0.25, -0.2) is 0 Å². The van der Waals surface area contributed by atoms with Crippen LogP contribution in [-0.4, -0.2) is 47.3 Å². The number of para-hydroxylation sites is 1. The largest absolute Gasteiger partial charge is 0.353 e. The normalized spacial score (nSPS) is 10.7. The van der Waals surface area contributed by atoms with Crippen molar-refractivity contribution in [3.8, 4) is 0 Å². The number of aryl methyl sites for hydroxylation is 1. The molecule has 0 saturated heterocycles. The van der Waals surface area contributed by atoms with E-state index in [0.29, 0.717) is 11.8 Å². The first-order valence-electron chi connectivity index (χ1n) is 7.06. The number of nitrogens with zero attached hydrogens (tertiary/aromatic N) is 4. The van der Waals surface area contributed by atoms with E-state index in [1.165, 1.54) is 0 Å². The SMILES string of the molecule is Cc1ccccc1Nc1cnnc(NCCCN(C)C)n1. The summed E-state index contributed by atoms with van der Waals surface area (Å²) in [7, 11) is 4.12. The van der Waals surface area contributed by atoms with Crippen molar-refractivity contribution in [2.45, 2.75) is 13.3 Å². The summed E-state index contributed by atoms with van der Waals surface area (Å²) >= 11 is 0. The molecule has 0 aliphatic heterocycles. The molecule has 0 aliphatic rings. The van der Waals surface area contributed by atoms with Crippen LogP contribution in [0.4, 0.5) is 17.5 Å². The lowest BCUT2D eigenvalue weighted by molar-refractivity contribution is 0.405. The Hall–Kier alpha value is -2.21. The zero-order chi connectivity index (χ0) is 15.1. The minimum absolute atomic E-state index is 0.548. The van der Waals surface area contributed by atoms with Gasteiger partial charge in [-0.05, 0) is 45.6 Å². The molecule has 0 radical (unpaired) electrons. The van der Waals surface area contributed by atoms with Crippen molar-refractivity contribution >= 4 is 17.5 Å². The lowest BCUT2D eigenvalue weighted by Gasteiger charge is -2.11. The van der Waals surface area contributed by atoms with E-state index in [0.717, 1.165) is 30.8 Å². The molecule has 2 N–H and O–H groups in total. The van der Waals surface area contributed by atoms with E-state index in [2.05, 4.69) is 57.8 Å². The average molecular weight is 286 g/mol. The van der Waals surface area contributed by atoms with Gasteiger partial charge in [-0.3, -0.25) is 0 Å². The molecule has 0 amide bonds. The van der Waals surface area contributed by atoms with Crippen LogP contribution >= 0.6 is 0 Å². The molecule has 0 unspecified atom stereocenters. The summed E-state index contributed by atoms with van der Waals surface area (Å²) in [5.74, 6) is 1.24. The molecule has 1 aromatic carbocycles. The van der Waals surface area contributed by atoms with Crippen molar-refractivity contribution in [3.05, 3.63) is 36.0 Å². The van der Waals surface area contributed by atoms with E-state index in [9.17, 15) is 0 Å². The maximum absolute atomic E-state index is 4.42. The Morgan fingerprint density at radius 3 is 2.76 bits per heavy atom. The Labute approximate surface area is 125 Å². The second-order valence-corrected chi connectivity index (χ2v) is 5.19. The van der Waals surface area contributed by atoms with Crippen molar-refractivity contribution in [1.29, 1.82) is 0 Å². The minimum atomic E-state index is 0.548. The molecule has 6 nitrogen and oxygen atoms in total. The topological polar surface area (TPSA) is 66.0 Å². The predicted molar refractivity (Wildman–Crippen MR) is 85.9 cm³/mol. The smallest absolute Gasteiger partial charge is 0.244 e. The van der Waals surface area contributed by atoms with Crippen LogP contribution in [0.3, 0.4) is 0 Å². The quantitative estimate of drug-likeness (QED) is 0.761. The van der Waals surface area contributed by atoms with Gasteiger partial charge < -0.3 is 15.5 Å². The van der Waals surface area contributed by atoms with E-state index in [-0.39, 0.29) is 0 Å². The predicted octanol–water partition coefficient (Wildman–Crippen LogP) is 2.29. The van der Waals surface area contributed by atoms with Gasteiger partial charge in [-0.2, -0.15) is 10.1 Å². The molecule has 0 fully saturated rings. The number of rotatable bonds is 7. The molecule has 21 heavy (non-hydrogen) atoms. The Kier molecular flexibility index (Phi) is 5.45. The number of benzene rings is 1. The number of hydrogen-bond donors (Lipinski definition) is 2. The first-order chi connectivity index (χ1) is 10.1. The van der Waals surface area contributed by atoms with E-state index in [4.69, 9.17) is 0 Å². The third kappa shape index (κ3) is 5.00. The lowest BCUT2D eigenvalue weighted by Crippen LogP contribution is -2.17. The molecule has 0 atom stereocenters. The lowest BCUT2D eigenvalue weighted by atomic mass is 10.2. The van der Waals surface area contributed by atoms with Gasteiger partial charge in [-0.1, -0.05) is 18.2 Å². The summed E-state index contributed by atoms with van der Waals surface area (Å²) in [6.07, 6.45) is 2.66. The highest BCUT2D eigenvalue weighted by atomic mass is 15.3. The second-order valence-electron chi connectivity index (χ2n) is 5.19. The summed E-state index contributed by atoms with van der Waals surface area (Å²) in [5.41, 5.74) is 2.19. The molecule has 0 saturated carbocycles. The maximum atomic E-state index is 4.42. The zero-order valence-electron chi connectivity index (χ0n) is 12.8. The van der Waals surface area contributed by atoms with E-state index in [1.54, 1.807) is 6.20 Å². The van der Waals surface area contributed by atoms with Crippen LogP contribution in [0.1, 0.15) is 12.0 Å². The highest BCUT2D eigenvalue weighted by Gasteiger charge is 2.02. The van der Waals surface area contributed by atoms with E-state index < -0.39 is 0 Å². The van der Waals surface area contributed by atoms with Gasteiger partial charge in [-0.15, -0.1) is 5.10 Å². The summed E-state index contributed by atoms with van der Waals surface area (Å²) in [6.45, 7) is 3.91. The van der Waals surface area contributed by atoms with Gasteiger partial charge in [0.2, 0.25) is 5.95 Å². The third-order valence-electron chi connectivity index (χ3n) is 3.03. The Morgan fingerprint density at radius 1 is 1.19 bits per heavy atom. The molecule has 112 valence electrons. The molecule has 6 heteroatoms. The molecule has 2 rings (SSSR count). The number of nitrogens with one attached hydrogen (secondary N) is 2. The van der Waals surface area contributed by atoms with Crippen LogP contribution in [0.5, 0.6) is 0 Å². The second kappa shape index (κ2) is 7.54. The Balaban J connectivity index is 1.93. The molecular weight excluding hydrogens is 264 g/mol. The Bertz CT molecular complexity index is 570. The minimum Gasteiger partial charge on any atom is -0.353 e. The number of hydrogen-bond acceptors (Lipinski definition) is 6. The standard InChI is InChI=1S/C15H22N6/c1-12-7-4-5-8-13(12)18-14-11-17-20-15(19-14)16-9-6-10-21(2)3/h4-5,7-8,11H,6,9-10H2,1-3H3,(H2,16,18,19,20). The molecule has 0 aliphatic carbocycles. The highest BCUT2D eigenvalue weighted by Crippen LogP contribution is 2.18. The highest BCUT2D eigenvalue weighted by molar-refractivity contribution is 5.59. The van der Waals surface area contributed by atoms with E-state index >= 15 is 0 Å². The van der Waals surface area contributed by atoms with Crippen molar-refractivity contribution in [3.63, 3.8) is 0 Å². The maximum Gasteiger partial charge on any atom is 0.244 e. The van der Waals surface area contributed by atoms with Crippen LogP contribution in [0.15, 0.2) is 30.5 Å². The molecule has 0 spiro atoms. The first kappa shape index (κ1) is 15.2. The zero-order valence-corrected chi connectivity index (χ0v) is 12.8. The molecule has 1 heterocycles. The third-order valence-corrected chi connectivity index (χ3v) is 3.03. The van der Waals surface area contributed by atoms with Gasteiger partial charge in [0.1, 0.15) is 0 Å². The fourth-order valence-corrected chi connectivity index (χ4v) is 1.89. The van der Waals surface area contributed by atoms with Crippen LogP contribution in [-0.2, 0) is 0 Å². The molecule has 1 aromatic heterocycles. The van der Waals surface area contributed by atoms with Crippen LogP contribution in [0.2, 0.25) is 0 Å². The van der Waals surface area contributed by atoms with Crippen molar-refractivity contribution in [2.75, 3.05) is 37.8 Å². The van der Waals surface area contributed by atoms with Gasteiger partial charge in [0.25, 0.3) is 0 Å². The van der Waals surface area contributed by atoms with Crippen LogP contribution in [0.25, 0.3) is 0 Å². The van der Waals surface area contributed by atoms with Gasteiger partial charge in [0.05, 0.1) is 6.20 Å². The number of aromatic nitrogens is 3. The van der Waals surface area contributed by atoms with Crippen LogP contribution in [0, 0.1) is 6.92 Å². The number of anilines is 3. The van der Waals surface area contributed by atoms with Crippen LogP contribution < -0.4 is 10.6 Å². The Morgan fingerprint density at radius 2 is 2.00 bits per heavy atom. The molecule has 2 aromatic rings. The van der Waals surface area contributed by atoms with Crippen molar-refractivity contribution < 1.29 is 0 Å². The van der Waals surface area contributed by atoms with Crippen molar-refractivity contribution in [1.82, 2.24) is 20.1 Å². The average Bonchev–Trinajstić information content (AvgIpc) is 2.46. The van der Waals surface area contributed by atoms with E-state index in [1.807, 2.05) is 18.2 Å². The summed E-state index contributed by atoms with van der Waals surface area (Å²) in [4.78, 5) is 6.57. The molecule has 0 bridgehead atoms.